The zero-order valence-corrected chi connectivity index (χ0v) is 15.1. The molecule has 1 aromatic carbocycles. The number of anilines is 1. The number of rotatable bonds is 4. The second kappa shape index (κ2) is 6.52. The monoisotopic (exact) mass is 339 g/mol. The van der Waals surface area contributed by atoms with Gasteiger partial charge in [-0.05, 0) is 50.6 Å². The highest BCUT2D eigenvalue weighted by Crippen LogP contribution is 2.36. The van der Waals surface area contributed by atoms with Crippen LogP contribution in [0.5, 0.6) is 0 Å². The van der Waals surface area contributed by atoms with Gasteiger partial charge in [0.25, 0.3) is 6.01 Å². The quantitative estimate of drug-likeness (QED) is 0.731. The number of para-hydroxylation sites is 2. The Morgan fingerprint density at radius 2 is 2.08 bits per heavy atom. The van der Waals surface area contributed by atoms with Gasteiger partial charge < -0.3 is 9.32 Å². The third kappa shape index (κ3) is 3.02. The highest BCUT2D eigenvalue weighted by Gasteiger charge is 2.33. The Labute approximate surface area is 148 Å². The molecule has 1 aliphatic rings. The number of benzene rings is 1. The lowest BCUT2D eigenvalue weighted by Gasteiger charge is -2.40. The zero-order chi connectivity index (χ0) is 17.4. The van der Waals surface area contributed by atoms with Crippen LogP contribution in [-0.2, 0) is 7.05 Å². The minimum Gasteiger partial charge on any atom is -0.423 e. The van der Waals surface area contributed by atoms with Gasteiger partial charge in [0.15, 0.2) is 5.58 Å². The number of likely N-dealkylation sites (tertiary alicyclic amines) is 1. The third-order valence-corrected chi connectivity index (χ3v) is 5.29. The van der Waals surface area contributed by atoms with Crippen LogP contribution < -0.4 is 4.90 Å². The van der Waals surface area contributed by atoms with Gasteiger partial charge in [0.05, 0.1) is 11.7 Å². The first-order valence-corrected chi connectivity index (χ1v) is 8.88. The fourth-order valence-corrected chi connectivity index (χ4v) is 4.05. The lowest BCUT2D eigenvalue weighted by atomic mass is 9.87. The normalized spacial score (nSPS) is 21.7. The van der Waals surface area contributed by atoms with Crippen LogP contribution in [0.2, 0.25) is 0 Å². The van der Waals surface area contributed by atoms with Crippen molar-refractivity contribution in [1.82, 2.24) is 19.7 Å². The Balaban J connectivity index is 1.57. The molecule has 0 spiro atoms. The molecule has 0 aliphatic carbocycles. The first-order valence-electron chi connectivity index (χ1n) is 8.88. The molecule has 0 N–H and O–H groups in total. The molecule has 1 saturated heterocycles. The van der Waals surface area contributed by atoms with E-state index in [1.54, 1.807) is 0 Å². The summed E-state index contributed by atoms with van der Waals surface area (Å²) in [6, 6.07) is 11.1. The van der Waals surface area contributed by atoms with Crippen LogP contribution in [0.3, 0.4) is 0 Å². The number of oxazole rings is 1. The maximum Gasteiger partial charge on any atom is 0.298 e. The van der Waals surface area contributed by atoms with E-state index in [1.807, 2.05) is 42.2 Å². The molecular formula is C19H25N5O. The molecule has 6 nitrogen and oxygen atoms in total. The molecule has 0 radical (unpaired) electrons. The zero-order valence-electron chi connectivity index (χ0n) is 15.1. The molecular weight excluding hydrogens is 314 g/mol. The van der Waals surface area contributed by atoms with Crippen molar-refractivity contribution in [3.8, 4) is 0 Å². The van der Waals surface area contributed by atoms with Crippen molar-refractivity contribution in [3.05, 3.63) is 42.2 Å². The molecule has 1 fully saturated rings. The fraction of sp³-hybridized carbons (Fsp3) is 0.474. The van der Waals surface area contributed by atoms with Gasteiger partial charge in [-0.3, -0.25) is 9.58 Å². The Morgan fingerprint density at radius 3 is 2.84 bits per heavy atom. The smallest absolute Gasteiger partial charge is 0.298 e. The van der Waals surface area contributed by atoms with Crippen molar-refractivity contribution in [3.63, 3.8) is 0 Å². The predicted octanol–water partition coefficient (Wildman–Crippen LogP) is 3.08. The SMILES string of the molecule is CN(C[C@@H]1CCCN(C)[C@H]1c1ccnn1C)c1nc2ccccc2o1. The van der Waals surface area contributed by atoms with Gasteiger partial charge in [-0.15, -0.1) is 0 Å². The van der Waals surface area contributed by atoms with Crippen molar-refractivity contribution in [2.75, 3.05) is 32.1 Å². The minimum absolute atomic E-state index is 0.369. The molecule has 25 heavy (non-hydrogen) atoms. The summed E-state index contributed by atoms with van der Waals surface area (Å²) in [4.78, 5) is 9.23. The second-order valence-electron chi connectivity index (χ2n) is 7.05. The van der Waals surface area contributed by atoms with E-state index in [0.717, 1.165) is 24.2 Å². The number of hydrogen-bond acceptors (Lipinski definition) is 5. The summed E-state index contributed by atoms with van der Waals surface area (Å²) in [7, 11) is 6.31. The lowest BCUT2D eigenvalue weighted by Crippen LogP contribution is -2.41. The molecule has 0 unspecified atom stereocenters. The minimum atomic E-state index is 0.369. The van der Waals surface area contributed by atoms with E-state index >= 15 is 0 Å². The van der Waals surface area contributed by atoms with Crippen molar-refractivity contribution in [2.45, 2.75) is 18.9 Å². The van der Waals surface area contributed by atoms with Gasteiger partial charge in [-0.2, -0.15) is 10.1 Å². The van der Waals surface area contributed by atoms with E-state index in [4.69, 9.17) is 4.42 Å². The van der Waals surface area contributed by atoms with Gasteiger partial charge in [0, 0.05) is 26.8 Å². The fourth-order valence-electron chi connectivity index (χ4n) is 4.05. The average Bonchev–Trinajstić information content (AvgIpc) is 3.21. The van der Waals surface area contributed by atoms with Gasteiger partial charge in [-0.1, -0.05) is 12.1 Å². The molecule has 0 amide bonds. The van der Waals surface area contributed by atoms with Crippen LogP contribution in [0.15, 0.2) is 40.9 Å². The summed E-state index contributed by atoms with van der Waals surface area (Å²) in [5, 5.41) is 4.37. The van der Waals surface area contributed by atoms with Crippen LogP contribution in [-0.4, -0.2) is 46.8 Å². The summed E-state index contributed by atoms with van der Waals surface area (Å²) in [5.74, 6) is 0.508. The van der Waals surface area contributed by atoms with Crippen molar-refractivity contribution in [2.24, 2.45) is 13.0 Å². The Hall–Kier alpha value is -2.34. The molecule has 3 heterocycles. The lowest BCUT2D eigenvalue weighted by molar-refractivity contribution is 0.117. The largest absolute Gasteiger partial charge is 0.423 e. The van der Waals surface area contributed by atoms with E-state index in [9.17, 15) is 0 Å². The van der Waals surface area contributed by atoms with Gasteiger partial charge in [0.1, 0.15) is 5.52 Å². The van der Waals surface area contributed by atoms with E-state index in [2.05, 4.69) is 40.0 Å². The molecule has 6 heteroatoms. The third-order valence-electron chi connectivity index (χ3n) is 5.29. The maximum absolute atomic E-state index is 5.93. The summed E-state index contributed by atoms with van der Waals surface area (Å²) in [6.45, 7) is 2.03. The Bertz CT molecular complexity index is 821. The van der Waals surface area contributed by atoms with Crippen molar-refractivity contribution >= 4 is 17.1 Å². The molecule has 2 atom stereocenters. The van der Waals surface area contributed by atoms with E-state index < -0.39 is 0 Å². The first-order chi connectivity index (χ1) is 12.1. The molecule has 0 saturated carbocycles. The van der Waals surface area contributed by atoms with Crippen LogP contribution in [0.1, 0.15) is 24.6 Å². The average molecular weight is 339 g/mol. The van der Waals surface area contributed by atoms with E-state index in [1.165, 1.54) is 18.5 Å². The van der Waals surface area contributed by atoms with Gasteiger partial charge in [-0.25, -0.2) is 0 Å². The number of aryl methyl sites for hydroxylation is 1. The van der Waals surface area contributed by atoms with Crippen LogP contribution >= 0.6 is 0 Å². The molecule has 132 valence electrons. The van der Waals surface area contributed by atoms with Crippen molar-refractivity contribution in [1.29, 1.82) is 0 Å². The molecule has 2 aromatic heterocycles. The highest BCUT2D eigenvalue weighted by molar-refractivity contribution is 5.74. The molecule has 1 aliphatic heterocycles. The molecule has 3 aromatic rings. The number of aromatic nitrogens is 3. The van der Waals surface area contributed by atoms with Crippen LogP contribution in [0.25, 0.3) is 11.1 Å². The number of hydrogen-bond donors (Lipinski definition) is 0. The Morgan fingerprint density at radius 1 is 1.24 bits per heavy atom. The summed E-state index contributed by atoms with van der Waals surface area (Å²) < 4.78 is 7.93. The topological polar surface area (TPSA) is 50.3 Å². The predicted molar refractivity (Wildman–Crippen MR) is 98.6 cm³/mol. The Kier molecular flexibility index (Phi) is 4.21. The number of nitrogens with zero attached hydrogens (tertiary/aromatic N) is 5. The number of piperidine rings is 1. The number of fused-ring (bicyclic) bond motifs is 1. The second-order valence-corrected chi connectivity index (χ2v) is 7.05. The summed E-state index contributed by atoms with van der Waals surface area (Å²) in [5.41, 5.74) is 3.03. The van der Waals surface area contributed by atoms with E-state index in [0.29, 0.717) is 18.0 Å². The van der Waals surface area contributed by atoms with Crippen molar-refractivity contribution < 1.29 is 4.42 Å². The molecule has 4 rings (SSSR count). The highest BCUT2D eigenvalue weighted by atomic mass is 16.4. The van der Waals surface area contributed by atoms with Gasteiger partial charge >= 0.3 is 0 Å². The summed E-state index contributed by atoms with van der Waals surface area (Å²) >= 11 is 0. The first kappa shape index (κ1) is 16.1. The van der Waals surface area contributed by atoms with Gasteiger partial charge in [0.2, 0.25) is 0 Å². The maximum atomic E-state index is 5.93. The van der Waals surface area contributed by atoms with Crippen LogP contribution in [0.4, 0.5) is 6.01 Å². The van der Waals surface area contributed by atoms with E-state index in [-0.39, 0.29) is 0 Å². The molecule has 0 bridgehead atoms. The standard InChI is InChI=1S/C19H25N5O/c1-22-12-6-7-14(18(22)16-10-11-20-24(16)3)13-23(2)19-21-15-8-4-5-9-17(15)25-19/h4-5,8-11,14,18H,6-7,12-13H2,1-3H3/t14-,18+/m0/s1. The summed E-state index contributed by atoms with van der Waals surface area (Å²) in [6.07, 6.45) is 4.31. The van der Waals surface area contributed by atoms with Crippen LogP contribution in [0, 0.1) is 5.92 Å².